The summed E-state index contributed by atoms with van der Waals surface area (Å²) in [6.45, 7) is 0. The summed E-state index contributed by atoms with van der Waals surface area (Å²) in [5, 5.41) is 3.72. The van der Waals surface area contributed by atoms with E-state index in [1.165, 1.54) is 16.8 Å². The van der Waals surface area contributed by atoms with Crippen LogP contribution >= 0.6 is 0 Å². The molecule has 1 heterocycles. The van der Waals surface area contributed by atoms with Crippen molar-refractivity contribution in [2.45, 2.75) is 18.4 Å². The molecule has 0 radical (unpaired) electrons. The Morgan fingerprint density at radius 1 is 1.05 bits per heavy atom. The Bertz CT molecular complexity index is 660. The van der Waals surface area contributed by atoms with Crippen molar-refractivity contribution in [3.05, 3.63) is 71.8 Å². The van der Waals surface area contributed by atoms with Crippen LogP contribution in [0.2, 0.25) is 0 Å². The molecule has 2 heteroatoms. The molecule has 0 fully saturated rings. The monoisotopic (exact) mass is 262 g/mol. The predicted octanol–water partition coefficient (Wildman–Crippen LogP) is 4.10. The number of nitrogens with two attached hydrogens (primary N) is 1. The Morgan fingerprint density at radius 3 is 2.75 bits per heavy atom. The number of benzene rings is 2. The summed E-state index contributed by atoms with van der Waals surface area (Å²) in [6, 6.07) is 17.3. The van der Waals surface area contributed by atoms with Crippen molar-refractivity contribution in [2.75, 3.05) is 11.1 Å². The first-order valence-electron chi connectivity index (χ1n) is 7.20. The number of fused-ring (bicyclic) bond motifs is 3. The van der Waals surface area contributed by atoms with Gasteiger partial charge in [0.15, 0.2) is 0 Å². The smallest absolute Gasteiger partial charge is 0.0553 e. The number of allylic oxidation sites excluding steroid dienone is 2. The van der Waals surface area contributed by atoms with Crippen molar-refractivity contribution in [1.82, 2.24) is 0 Å². The zero-order valence-corrected chi connectivity index (χ0v) is 11.3. The van der Waals surface area contributed by atoms with E-state index < -0.39 is 0 Å². The molecule has 0 spiro atoms. The SMILES string of the molecule is Nc1ccc2c(c1)[C@@H]1C=CC[C@H]1[C@H](c1ccccc1)N2. The second-order valence-corrected chi connectivity index (χ2v) is 5.73. The van der Waals surface area contributed by atoms with Crippen molar-refractivity contribution in [3.8, 4) is 0 Å². The third-order valence-electron chi connectivity index (χ3n) is 4.55. The van der Waals surface area contributed by atoms with E-state index in [2.05, 4.69) is 59.9 Å². The van der Waals surface area contributed by atoms with Crippen LogP contribution in [0, 0.1) is 5.92 Å². The maximum Gasteiger partial charge on any atom is 0.0553 e. The lowest BCUT2D eigenvalue weighted by atomic mass is 9.77. The van der Waals surface area contributed by atoms with Crippen LogP contribution in [0.15, 0.2) is 60.7 Å². The fraction of sp³-hybridized carbons (Fsp3) is 0.222. The first-order chi connectivity index (χ1) is 9.83. The minimum atomic E-state index is 0.382. The molecule has 0 aromatic heterocycles. The molecule has 0 saturated carbocycles. The summed E-state index contributed by atoms with van der Waals surface area (Å²) >= 11 is 0. The third-order valence-corrected chi connectivity index (χ3v) is 4.55. The van der Waals surface area contributed by atoms with E-state index in [4.69, 9.17) is 5.73 Å². The van der Waals surface area contributed by atoms with Gasteiger partial charge in [-0.1, -0.05) is 42.5 Å². The molecule has 20 heavy (non-hydrogen) atoms. The third kappa shape index (κ3) is 1.72. The Kier molecular flexibility index (Phi) is 2.56. The topological polar surface area (TPSA) is 38.0 Å². The lowest BCUT2D eigenvalue weighted by Gasteiger charge is -2.37. The van der Waals surface area contributed by atoms with Gasteiger partial charge in [0.2, 0.25) is 0 Å². The lowest BCUT2D eigenvalue weighted by molar-refractivity contribution is 0.426. The summed E-state index contributed by atoms with van der Waals surface area (Å²) in [5.74, 6) is 1.08. The van der Waals surface area contributed by atoms with Gasteiger partial charge in [-0.05, 0) is 41.7 Å². The molecule has 0 saturated heterocycles. The Labute approximate surface area is 119 Å². The van der Waals surface area contributed by atoms with Crippen LogP contribution in [-0.2, 0) is 0 Å². The summed E-state index contributed by atoms with van der Waals surface area (Å²) < 4.78 is 0. The molecule has 0 bridgehead atoms. The van der Waals surface area contributed by atoms with E-state index in [0.717, 1.165) is 12.1 Å². The largest absolute Gasteiger partial charge is 0.399 e. The highest BCUT2D eigenvalue weighted by molar-refractivity contribution is 5.64. The predicted molar refractivity (Wildman–Crippen MR) is 83.6 cm³/mol. The molecular weight excluding hydrogens is 244 g/mol. The molecule has 0 amide bonds. The molecule has 3 N–H and O–H groups in total. The van der Waals surface area contributed by atoms with Crippen LogP contribution < -0.4 is 11.1 Å². The fourth-order valence-electron chi connectivity index (χ4n) is 3.60. The fourth-order valence-corrected chi connectivity index (χ4v) is 3.60. The van der Waals surface area contributed by atoms with Gasteiger partial charge >= 0.3 is 0 Å². The highest BCUT2D eigenvalue weighted by atomic mass is 15.0. The molecule has 2 aliphatic rings. The molecule has 100 valence electrons. The molecule has 1 aliphatic carbocycles. The zero-order chi connectivity index (χ0) is 13.5. The normalized spacial score (nSPS) is 26.7. The molecule has 2 aromatic rings. The van der Waals surface area contributed by atoms with E-state index >= 15 is 0 Å². The summed E-state index contributed by atoms with van der Waals surface area (Å²) in [7, 11) is 0. The van der Waals surface area contributed by atoms with Gasteiger partial charge in [-0.25, -0.2) is 0 Å². The van der Waals surface area contributed by atoms with E-state index in [-0.39, 0.29) is 0 Å². The molecular formula is C18H18N2. The van der Waals surface area contributed by atoms with Crippen molar-refractivity contribution >= 4 is 11.4 Å². The standard InChI is InChI=1S/C18H18N2/c19-13-9-10-17-16(11-13)14-7-4-8-15(14)18(20-17)12-5-2-1-3-6-12/h1-7,9-11,14-15,18,20H,8,19H2/t14-,15-,18+/m1/s1. The van der Waals surface area contributed by atoms with Crippen LogP contribution in [0.1, 0.15) is 29.5 Å². The van der Waals surface area contributed by atoms with Crippen LogP contribution in [0.5, 0.6) is 0 Å². The number of hydrogen-bond acceptors (Lipinski definition) is 2. The van der Waals surface area contributed by atoms with Crippen molar-refractivity contribution in [2.24, 2.45) is 5.92 Å². The second-order valence-electron chi connectivity index (χ2n) is 5.73. The van der Waals surface area contributed by atoms with Crippen LogP contribution in [0.4, 0.5) is 11.4 Å². The van der Waals surface area contributed by atoms with E-state index in [1.807, 2.05) is 6.07 Å². The molecule has 2 nitrogen and oxygen atoms in total. The molecule has 0 unspecified atom stereocenters. The number of nitrogens with one attached hydrogen (secondary N) is 1. The van der Waals surface area contributed by atoms with Crippen molar-refractivity contribution < 1.29 is 0 Å². The minimum absolute atomic E-state index is 0.382. The minimum Gasteiger partial charge on any atom is -0.399 e. The van der Waals surface area contributed by atoms with Gasteiger partial charge in [0.25, 0.3) is 0 Å². The van der Waals surface area contributed by atoms with Crippen molar-refractivity contribution in [3.63, 3.8) is 0 Å². The summed E-state index contributed by atoms with van der Waals surface area (Å²) in [6.07, 6.45) is 5.79. The first-order valence-corrected chi connectivity index (χ1v) is 7.20. The van der Waals surface area contributed by atoms with Gasteiger partial charge in [0, 0.05) is 17.3 Å². The maximum absolute atomic E-state index is 5.96. The molecule has 4 rings (SSSR count). The van der Waals surface area contributed by atoms with Crippen molar-refractivity contribution in [1.29, 1.82) is 0 Å². The quantitative estimate of drug-likeness (QED) is 0.600. The van der Waals surface area contributed by atoms with Crippen LogP contribution in [0.25, 0.3) is 0 Å². The van der Waals surface area contributed by atoms with Gasteiger partial charge < -0.3 is 11.1 Å². The number of nitrogen functional groups attached to an aromatic ring is 1. The number of rotatable bonds is 1. The van der Waals surface area contributed by atoms with E-state index in [0.29, 0.717) is 17.9 Å². The maximum atomic E-state index is 5.96. The van der Waals surface area contributed by atoms with Gasteiger partial charge in [0.05, 0.1) is 6.04 Å². The second kappa shape index (κ2) is 4.41. The zero-order valence-electron chi connectivity index (χ0n) is 11.3. The highest BCUT2D eigenvalue weighted by Crippen LogP contribution is 2.49. The summed E-state index contributed by atoms with van der Waals surface area (Å²) in [5.41, 5.74) is 10.7. The number of anilines is 2. The summed E-state index contributed by atoms with van der Waals surface area (Å²) in [4.78, 5) is 0. The number of hydrogen-bond donors (Lipinski definition) is 2. The molecule has 1 aliphatic heterocycles. The Hall–Kier alpha value is -2.22. The molecule has 3 atom stereocenters. The van der Waals surface area contributed by atoms with Crippen LogP contribution in [-0.4, -0.2) is 0 Å². The van der Waals surface area contributed by atoms with Gasteiger partial charge in [0.1, 0.15) is 0 Å². The highest BCUT2D eigenvalue weighted by Gasteiger charge is 2.37. The van der Waals surface area contributed by atoms with Gasteiger partial charge in [-0.2, -0.15) is 0 Å². The van der Waals surface area contributed by atoms with Gasteiger partial charge in [-0.15, -0.1) is 0 Å². The van der Waals surface area contributed by atoms with E-state index in [1.54, 1.807) is 0 Å². The lowest BCUT2D eigenvalue weighted by Crippen LogP contribution is -2.29. The average Bonchev–Trinajstić information content (AvgIpc) is 2.97. The average molecular weight is 262 g/mol. The first kappa shape index (κ1) is 11.6. The van der Waals surface area contributed by atoms with Crippen LogP contribution in [0.3, 0.4) is 0 Å². The molecule has 2 aromatic carbocycles. The van der Waals surface area contributed by atoms with Gasteiger partial charge in [-0.3, -0.25) is 0 Å². The Morgan fingerprint density at radius 2 is 1.90 bits per heavy atom. The Balaban J connectivity index is 1.80. The van der Waals surface area contributed by atoms with E-state index in [9.17, 15) is 0 Å².